The second-order valence-electron chi connectivity index (χ2n) is 6.63. The topological polar surface area (TPSA) is 103 Å². The van der Waals surface area contributed by atoms with Gasteiger partial charge in [0.15, 0.2) is 5.13 Å². The molecule has 28 heavy (non-hydrogen) atoms. The van der Waals surface area contributed by atoms with Crippen LogP contribution in [0.3, 0.4) is 0 Å². The van der Waals surface area contributed by atoms with E-state index in [0.717, 1.165) is 51.6 Å². The van der Waals surface area contributed by atoms with Crippen molar-refractivity contribution in [2.24, 2.45) is 0 Å². The molecule has 4 N–H and O–H groups in total. The maximum atomic E-state index is 5.96. The molecule has 140 valence electrons. The monoisotopic (exact) mass is 390 g/mol. The summed E-state index contributed by atoms with van der Waals surface area (Å²) in [4.78, 5) is 16.0. The lowest BCUT2D eigenvalue weighted by Crippen LogP contribution is -2.25. The van der Waals surface area contributed by atoms with Crippen LogP contribution in [-0.2, 0) is 6.54 Å². The van der Waals surface area contributed by atoms with Crippen LogP contribution in [-0.4, -0.2) is 28.1 Å². The first kappa shape index (κ1) is 16.8. The first-order valence-corrected chi connectivity index (χ1v) is 9.72. The molecule has 0 saturated carbocycles. The van der Waals surface area contributed by atoms with Crippen molar-refractivity contribution >= 4 is 38.3 Å². The summed E-state index contributed by atoms with van der Waals surface area (Å²) in [7, 11) is 0. The van der Waals surface area contributed by atoms with Crippen molar-refractivity contribution < 1.29 is 4.74 Å². The van der Waals surface area contributed by atoms with Gasteiger partial charge in [-0.25, -0.2) is 15.0 Å². The summed E-state index contributed by atoms with van der Waals surface area (Å²) in [6.07, 6.45) is 3.59. The van der Waals surface area contributed by atoms with Gasteiger partial charge in [-0.1, -0.05) is 17.4 Å². The number of thiazole rings is 1. The molecular formula is C20H18N6OS. The van der Waals surface area contributed by atoms with Gasteiger partial charge in [0.1, 0.15) is 28.5 Å². The average Bonchev–Trinajstić information content (AvgIpc) is 2.93. The maximum Gasteiger partial charge on any atom is 0.182 e. The highest BCUT2D eigenvalue weighted by molar-refractivity contribution is 7.21. The van der Waals surface area contributed by atoms with Gasteiger partial charge < -0.3 is 21.1 Å². The number of nitrogens with two attached hydrogens (primary N) is 2. The van der Waals surface area contributed by atoms with Crippen molar-refractivity contribution in [1.82, 2.24) is 15.0 Å². The third-order valence-electron chi connectivity index (χ3n) is 4.77. The van der Waals surface area contributed by atoms with Crippen LogP contribution in [0.1, 0.15) is 5.56 Å². The minimum Gasteiger partial charge on any atom is -0.491 e. The highest BCUT2D eigenvalue weighted by Gasteiger charge is 2.17. The molecule has 0 saturated heterocycles. The lowest BCUT2D eigenvalue weighted by molar-refractivity contribution is 0.331. The zero-order valence-electron chi connectivity index (χ0n) is 15.0. The van der Waals surface area contributed by atoms with Gasteiger partial charge in [0.25, 0.3) is 0 Å². The summed E-state index contributed by atoms with van der Waals surface area (Å²) in [5.41, 5.74) is 16.7. The molecule has 1 aliphatic heterocycles. The van der Waals surface area contributed by atoms with E-state index in [1.165, 1.54) is 11.3 Å². The van der Waals surface area contributed by atoms with Crippen LogP contribution in [0.25, 0.3) is 21.5 Å². The van der Waals surface area contributed by atoms with E-state index in [1.54, 1.807) is 6.20 Å². The quantitative estimate of drug-likeness (QED) is 0.541. The molecule has 4 aromatic rings. The number of hydrogen-bond donors (Lipinski definition) is 2. The van der Waals surface area contributed by atoms with Crippen molar-refractivity contribution in [3.05, 3.63) is 54.4 Å². The van der Waals surface area contributed by atoms with E-state index < -0.39 is 0 Å². The Bertz CT molecular complexity index is 1170. The number of nitrogens with zero attached hydrogens (tertiary/aromatic N) is 4. The Hall–Kier alpha value is -3.39. The summed E-state index contributed by atoms with van der Waals surface area (Å²) in [5.74, 6) is 1.42. The number of nitrogen functional groups attached to an aromatic ring is 2. The SMILES string of the molecule is Nc1cc(N2CCOc3ccc(-c4cnc5sc(N)nc5c4)cc3C2)ccn1. The Balaban J connectivity index is 1.51. The Kier molecular flexibility index (Phi) is 3.98. The largest absolute Gasteiger partial charge is 0.491 e. The van der Waals surface area contributed by atoms with Gasteiger partial charge in [-0.05, 0) is 29.8 Å². The fraction of sp³-hybridized carbons (Fsp3) is 0.150. The Morgan fingerprint density at radius 2 is 1.96 bits per heavy atom. The van der Waals surface area contributed by atoms with Crippen molar-refractivity contribution in [3.63, 3.8) is 0 Å². The van der Waals surface area contributed by atoms with Gasteiger partial charge in [-0.3, -0.25) is 0 Å². The average molecular weight is 390 g/mol. The maximum absolute atomic E-state index is 5.96. The number of hydrogen-bond acceptors (Lipinski definition) is 8. The zero-order valence-corrected chi connectivity index (χ0v) is 15.8. The molecule has 0 atom stereocenters. The van der Waals surface area contributed by atoms with Crippen LogP contribution in [0.5, 0.6) is 5.75 Å². The minimum absolute atomic E-state index is 0.513. The number of fused-ring (bicyclic) bond motifs is 2. The number of pyridine rings is 2. The van der Waals surface area contributed by atoms with Crippen molar-refractivity contribution in [3.8, 4) is 16.9 Å². The highest BCUT2D eigenvalue weighted by atomic mass is 32.1. The van der Waals surface area contributed by atoms with E-state index in [0.29, 0.717) is 17.6 Å². The molecule has 7 nitrogen and oxygen atoms in total. The van der Waals surface area contributed by atoms with Crippen LogP contribution in [0.2, 0.25) is 0 Å². The Labute approximate surface area is 165 Å². The molecule has 0 radical (unpaired) electrons. The van der Waals surface area contributed by atoms with Gasteiger partial charge in [0.2, 0.25) is 0 Å². The molecule has 3 aromatic heterocycles. The van der Waals surface area contributed by atoms with Crippen LogP contribution in [0, 0.1) is 0 Å². The summed E-state index contributed by atoms with van der Waals surface area (Å²) < 4.78 is 5.96. The molecule has 4 heterocycles. The fourth-order valence-electron chi connectivity index (χ4n) is 3.43. The molecule has 0 fully saturated rings. The third kappa shape index (κ3) is 3.07. The number of benzene rings is 1. The summed E-state index contributed by atoms with van der Waals surface area (Å²) in [5, 5.41) is 0.530. The molecule has 0 bridgehead atoms. The zero-order chi connectivity index (χ0) is 19.1. The van der Waals surface area contributed by atoms with Crippen LogP contribution in [0.4, 0.5) is 16.6 Å². The van der Waals surface area contributed by atoms with Gasteiger partial charge in [0, 0.05) is 41.8 Å². The lowest BCUT2D eigenvalue weighted by Gasteiger charge is -2.22. The number of rotatable bonds is 2. The molecule has 0 unspecified atom stereocenters. The molecule has 5 rings (SSSR count). The van der Waals surface area contributed by atoms with Gasteiger partial charge in [0.05, 0.1) is 6.54 Å². The Morgan fingerprint density at radius 3 is 2.86 bits per heavy atom. The smallest absolute Gasteiger partial charge is 0.182 e. The standard InChI is InChI=1S/C20H18N6OS/c21-18-9-15(3-4-23-18)26-5-6-27-17-2-1-12(7-14(17)11-26)13-8-16-19(24-10-13)28-20(22)25-16/h1-4,7-10H,5-6,11H2,(H2,21,23)(H2,22,25). The molecule has 0 amide bonds. The van der Waals surface area contributed by atoms with Crippen LogP contribution >= 0.6 is 11.3 Å². The van der Waals surface area contributed by atoms with Crippen molar-refractivity contribution in [2.75, 3.05) is 29.5 Å². The second-order valence-corrected chi connectivity index (χ2v) is 7.64. The van der Waals surface area contributed by atoms with E-state index in [2.05, 4.69) is 32.0 Å². The second kappa shape index (κ2) is 6.65. The summed E-state index contributed by atoms with van der Waals surface area (Å²) in [6.45, 7) is 2.12. The van der Waals surface area contributed by atoms with Crippen LogP contribution in [0.15, 0.2) is 48.8 Å². The molecular weight excluding hydrogens is 372 g/mol. The summed E-state index contributed by atoms with van der Waals surface area (Å²) >= 11 is 1.39. The molecule has 1 aromatic carbocycles. The number of anilines is 3. The van der Waals surface area contributed by atoms with Gasteiger partial charge in [-0.2, -0.15) is 0 Å². The van der Waals surface area contributed by atoms with E-state index in [-0.39, 0.29) is 0 Å². The number of aromatic nitrogens is 3. The van der Waals surface area contributed by atoms with E-state index in [1.807, 2.05) is 30.5 Å². The number of ether oxygens (including phenoxy) is 1. The minimum atomic E-state index is 0.513. The first-order valence-electron chi connectivity index (χ1n) is 8.90. The fourth-order valence-corrected chi connectivity index (χ4v) is 4.08. The van der Waals surface area contributed by atoms with Gasteiger partial charge in [-0.15, -0.1) is 0 Å². The van der Waals surface area contributed by atoms with E-state index in [4.69, 9.17) is 16.2 Å². The molecule has 1 aliphatic rings. The normalized spacial score (nSPS) is 13.8. The predicted molar refractivity (Wildman–Crippen MR) is 112 cm³/mol. The Morgan fingerprint density at radius 1 is 1.04 bits per heavy atom. The molecule has 0 spiro atoms. The first-order chi connectivity index (χ1) is 13.7. The highest BCUT2D eigenvalue weighted by Crippen LogP contribution is 2.32. The van der Waals surface area contributed by atoms with Crippen molar-refractivity contribution in [1.29, 1.82) is 0 Å². The van der Waals surface area contributed by atoms with Crippen LogP contribution < -0.4 is 21.1 Å². The van der Waals surface area contributed by atoms with Gasteiger partial charge >= 0.3 is 0 Å². The van der Waals surface area contributed by atoms with E-state index in [9.17, 15) is 0 Å². The predicted octanol–water partition coefficient (Wildman–Crippen LogP) is 3.32. The summed E-state index contributed by atoms with van der Waals surface area (Å²) in [6, 6.07) is 12.1. The van der Waals surface area contributed by atoms with Crippen molar-refractivity contribution in [2.45, 2.75) is 6.54 Å². The molecule has 8 heteroatoms. The third-order valence-corrected chi connectivity index (χ3v) is 5.58. The molecule has 0 aliphatic carbocycles. The van der Waals surface area contributed by atoms with E-state index >= 15 is 0 Å². The lowest BCUT2D eigenvalue weighted by atomic mass is 10.0.